The van der Waals surface area contributed by atoms with Gasteiger partial charge in [0.2, 0.25) is 0 Å². The average Bonchev–Trinajstić information content (AvgIpc) is 3.19. The van der Waals surface area contributed by atoms with Crippen LogP contribution in [0.3, 0.4) is 0 Å². The van der Waals surface area contributed by atoms with Gasteiger partial charge in [0.25, 0.3) is 0 Å². The van der Waals surface area contributed by atoms with Gasteiger partial charge >= 0.3 is 0 Å². The predicted octanol–water partition coefficient (Wildman–Crippen LogP) is 4.23. The summed E-state index contributed by atoms with van der Waals surface area (Å²) < 4.78 is 0. The van der Waals surface area contributed by atoms with Crippen LogP contribution < -0.4 is 0 Å². The zero-order valence-corrected chi connectivity index (χ0v) is 12.9. The van der Waals surface area contributed by atoms with Gasteiger partial charge in [-0.2, -0.15) is 0 Å². The first-order valence-corrected chi connectivity index (χ1v) is 8.40. The Labute approximate surface area is 125 Å². The summed E-state index contributed by atoms with van der Waals surface area (Å²) in [6.07, 6.45) is 8.47. The van der Waals surface area contributed by atoms with Crippen molar-refractivity contribution in [1.29, 1.82) is 0 Å². The first-order chi connectivity index (χ1) is 9.83. The lowest BCUT2D eigenvalue weighted by atomic mass is 10.1. The zero-order chi connectivity index (χ0) is 13.8. The second kappa shape index (κ2) is 6.51. The second-order valence-electron chi connectivity index (χ2n) is 5.70. The molecule has 1 aliphatic rings. The van der Waals surface area contributed by atoms with Crippen LogP contribution in [0.25, 0.3) is 10.6 Å². The summed E-state index contributed by atoms with van der Waals surface area (Å²) in [6, 6.07) is 9.80. The van der Waals surface area contributed by atoms with Crippen molar-refractivity contribution in [1.82, 2.24) is 9.88 Å². The summed E-state index contributed by atoms with van der Waals surface area (Å²) in [6.45, 7) is 1.25. The summed E-state index contributed by atoms with van der Waals surface area (Å²) in [5, 5.41) is 3.14. The van der Waals surface area contributed by atoms with E-state index in [0.717, 1.165) is 11.0 Å². The lowest BCUT2D eigenvalue weighted by Crippen LogP contribution is -2.21. The quantitative estimate of drug-likeness (QED) is 0.708. The monoisotopic (exact) mass is 286 g/mol. The van der Waals surface area contributed by atoms with Crippen LogP contribution in [0.1, 0.15) is 31.2 Å². The molecule has 1 aromatic carbocycles. The summed E-state index contributed by atoms with van der Waals surface area (Å²) in [5.74, 6) is 0. The smallest absolute Gasteiger partial charge is 0.123 e. The number of benzene rings is 1. The first kappa shape index (κ1) is 13.8. The summed E-state index contributed by atoms with van der Waals surface area (Å²) in [7, 11) is 2.26. The summed E-state index contributed by atoms with van der Waals surface area (Å²) >= 11 is 1.70. The summed E-state index contributed by atoms with van der Waals surface area (Å²) in [4.78, 5) is 6.87. The molecular weight excluding hydrogens is 264 g/mol. The molecule has 20 heavy (non-hydrogen) atoms. The number of thiazole rings is 1. The maximum Gasteiger partial charge on any atom is 0.123 e. The number of aryl methyl sites for hydroxylation is 1. The highest BCUT2D eigenvalue weighted by Gasteiger charge is 2.25. The Bertz CT molecular complexity index is 514. The SMILES string of the molecule is CN(CCCCc1ccc(-c2nccs2)cc1)C1CC1. The highest BCUT2D eigenvalue weighted by molar-refractivity contribution is 7.13. The van der Waals surface area contributed by atoms with E-state index in [4.69, 9.17) is 0 Å². The molecule has 106 valence electrons. The van der Waals surface area contributed by atoms with Gasteiger partial charge in [0.05, 0.1) is 0 Å². The van der Waals surface area contributed by atoms with Crippen LogP contribution in [0.5, 0.6) is 0 Å². The van der Waals surface area contributed by atoms with Crippen LogP contribution in [-0.4, -0.2) is 29.5 Å². The van der Waals surface area contributed by atoms with Crippen LogP contribution in [0.2, 0.25) is 0 Å². The number of aromatic nitrogens is 1. The van der Waals surface area contributed by atoms with Crippen LogP contribution in [0.15, 0.2) is 35.8 Å². The predicted molar refractivity (Wildman–Crippen MR) is 86.1 cm³/mol. The highest BCUT2D eigenvalue weighted by atomic mass is 32.1. The molecule has 1 aliphatic carbocycles. The van der Waals surface area contributed by atoms with Gasteiger partial charge in [-0.1, -0.05) is 24.3 Å². The van der Waals surface area contributed by atoms with Crippen LogP contribution >= 0.6 is 11.3 Å². The normalized spacial score (nSPS) is 14.9. The maximum absolute atomic E-state index is 4.35. The standard InChI is InChI=1S/C17H22N2S/c1-19(16-9-10-16)12-3-2-4-14-5-7-15(8-6-14)17-18-11-13-20-17/h5-8,11,13,16H,2-4,9-10,12H2,1H3. The van der Waals surface area contributed by atoms with Crippen molar-refractivity contribution in [2.45, 2.75) is 38.1 Å². The minimum Gasteiger partial charge on any atom is -0.303 e. The number of hydrogen-bond acceptors (Lipinski definition) is 3. The van der Waals surface area contributed by atoms with Crippen molar-refractivity contribution in [2.24, 2.45) is 0 Å². The van der Waals surface area contributed by atoms with E-state index >= 15 is 0 Å². The van der Waals surface area contributed by atoms with Gasteiger partial charge in [0.15, 0.2) is 0 Å². The fraction of sp³-hybridized carbons (Fsp3) is 0.471. The molecule has 3 rings (SSSR count). The number of nitrogens with zero attached hydrogens (tertiary/aromatic N) is 2. The van der Waals surface area contributed by atoms with E-state index in [1.54, 1.807) is 11.3 Å². The lowest BCUT2D eigenvalue weighted by Gasteiger charge is -2.14. The Morgan fingerprint density at radius 2 is 2.00 bits per heavy atom. The molecule has 0 N–H and O–H groups in total. The number of hydrogen-bond donors (Lipinski definition) is 0. The van der Waals surface area contributed by atoms with Crippen molar-refractivity contribution in [3.8, 4) is 10.6 Å². The second-order valence-corrected chi connectivity index (χ2v) is 6.60. The van der Waals surface area contributed by atoms with E-state index in [-0.39, 0.29) is 0 Å². The zero-order valence-electron chi connectivity index (χ0n) is 12.1. The topological polar surface area (TPSA) is 16.1 Å². The van der Waals surface area contributed by atoms with E-state index in [2.05, 4.69) is 41.2 Å². The Hall–Kier alpha value is -1.19. The molecule has 1 fully saturated rings. The minimum atomic E-state index is 0.896. The Morgan fingerprint density at radius 3 is 2.65 bits per heavy atom. The van der Waals surface area contributed by atoms with E-state index < -0.39 is 0 Å². The Balaban J connectivity index is 1.43. The fourth-order valence-corrected chi connectivity index (χ4v) is 3.21. The van der Waals surface area contributed by atoms with E-state index in [9.17, 15) is 0 Å². The maximum atomic E-state index is 4.35. The molecular formula is C17H22N2S. The molecule has 0 atom stereocenters. The molecule has 0 aliphatic heterocycles. The Morgan fingerprint density at radius 1 is 1.20 bits per heavy atom. The molecule has 0 saturated heterocycles. The van der Waals surface area contributed by atoms with E-state index in [1.165, 1.54) is 49.8 Å². The van der Waals surface area contributed by atoms with Gasteiger partial charge < -0.3 is 4.90 Å². The number of rotatable bonds is 7. The molecule has 0 radical (unpaired) electrons. The molecule has 1 saturated carbocycles. The van der Waals surface area contributed by atoms with Gasteiger partial charge in [-0.15, -0.1) is 11.3 Å². The molecule has 2 aromatic rings. The van der Waals surface area contributed by atoms with Gasteiger partial charge in [0, 0.05) is 23.2 Å². The molecule has 0 unspecified atom stereocenters. The van der Waals surface area contributed by atoms with Crippen molar-refractivity contribution in [3.63, 3.8) is 0 Å². The third kappa shape index (κ3) is 3.68. The van der Waals surface area contributed by atoms with Crippen LogP contribution in [0, 0.1) is 0 Å². The molecule has 0 amide bonds. The van der Waals surface area contributed by atoms with E-state index in [1.807, 2.05) is 11.6 Å². The minimum absolute atomic E-state index is 0.896. The lowest BCUT2D eigenvalue weighted by molar-refractivity contribution is 0.316. The van der Waals surface area contributed by atoms with Crippen LogP contribution in [0.4, 0.5) is 0 Å². The largest absolute Gasteiger partial charge is 0.303 e. The first-order valence-electron chi connectivity index (χ1n) is 7.52. The van der Waals surface area contributed by atoms with E-state index in [0.29, 0.717) is 0 Å². The van der Waals surface area contributed by atoms with Gasteiger partial charge in [-0.05, 0) is 51.3 Å². The van der Waals surface area contributed by atoms with Crippen molar-refractivity contribution >= 4 is 11.3 Å². The molecule has 0 bridgehead atoms. The van der Waals surface area contributed by atoms with Crippen molar-refractivity contribution < 1.29 is 0 Å². The molecule has 1 heterocycles. The third-order valence-corrected chi connectivity index (χ3v) is 4.85. The number of unbranched alkanes of at least 4 members (excludes halogenated alkanes) is 1. The molecule has 0 spiro atoms. The van der Waals surface area contributed by atoms with Gasteiger partial charge in [-0.3, -0.25) is 0 Å². The molecule has 3 heteroatoms. The van der Waals surface area contributed by atoms with Gasteiger partial charge in [-0.25, -0.2) is 4.98 Å². The average molecular weight is 286 g/mol. The molecule has 1 aromatic heterocycles. The van der Waals surface area contributed by atoms with Crippen LogP contribution in [-0.2, 0) is 6.42 Å². The highest BCUT2D eigenvalue weighted by Crippen LogP contribution is 2.25. The van der Waals surface area contributed by atoms with Crippen molar-refractivity contribution in [2.75, 3.05) is 13.6 Å². The summed E-state index contributed by atoms with van der Waals surface area (Å²) in [5.41, 5.74) is 2.68. The van der Waals surface area contributed by atoms with Gasteiger partial charge in [0.1, 0.15) is 5.01 Å². The van der Waals surface area contributed by atoms with Crippen molar-refractivity contribution in [3.05, 3.63) is 41.4 Å². The molecule has 2 nitrogen and oxygen atoms in total. The third-order valence-electron chi connectivity index (χ3n) is 4.03. The Kier molecular flexibility index (Phi) is 4.48. The fourth-order valence-electron chi connectivity index (χ4n) is 2.57.